The molecule has 0 atom stereocenters. The molecule has 0 aromatic rings. The van der Waals surface area contributed by atoms with Gasteiger partial charge in [-0.05, 0) is 19.9 Å². The summed E-state index contributed by atoms with van der Waals surface area (Å²) in [7, 11) is 0. The van der Waals surface area contributed by atoms with Gasteiger partial charge in [0.1, 0.15) is 0 Å². The molecule has 0 unspecified atom stereocenters. The summed E-state index contributed by atoms with van der Waals surface area (Å²) in [5, 5.41) is 2.25. The highest BCUT2D eigenvalue weighted by molar-refractivity contribution is 5.88. The fourth-order valence-electron chi connectivity index (χ4n) is 0.535. The van der Waals surface area contributed by atoms with E-state index in [0.29, 0.717) is 5.70 Å². The number of amides is 2. The van der Waals surface area contributed by atoms with E-state index in [1.807, 2.05) is 0 Å². The molecule has 0 fully saturated rings. The van der Waals surface area contributed by atoms with Crippen LogP contribution in [0, 0.1) is 0 Å². The van der Waals surface area contributed by atoms with Gasteiger partial charge in [0.15, 0.2) is 5.78 Å². The molecule has 0 heterocycles. The van der Waals surface area contributed by atoms with Gasteiger partial charge in [-0.2, -0.15) is 0 Å². The second-order valence-corrected chi connectivity index (χ2v) is 1.93. The van der Waals surface area contributed by atoms with Crippen molar-refractivity contribution in [2.24, 2.45) is 5.73 Å². The van der Waals surface area contributed by atoms with E-state index in [0.717, 1.165) is 0 Å². The average molecular weight is 142 g/mol. The Hall–Kier alpha value is -1.32. The molecule has 0 aliphatic rings. The topological polar surface area (TPSA) is 72.2 Å². The molecule has 0 aliphatic carbocycles. The summed E-state index contributed by atoms with van der Waals surface area (Å²) in [6.45, 7) is 2.98. The first kappa shape index (κ1) is 8.68. The molecule has 0 aliphatic heterocycles. The maximum absolute atomic E-state index is 10.4. The molecule has 4 nitrogen and oxygen atoms in total. The van der Waals surface area contributed by atoms with E-state index in [4.69, 9.17) is 5.73 Å². The number of nitrogens with two attached hydrogens (primary N) is 1. The average Bonchev–Trinajstić information content (AvgIpc) is 1.58. The minimum atomic E-state index is -0.657. The van der Waals surface area contributed by atoms with Gasteiger partial charge in [-0.3, -0.25) is 4.79 Å². The number of primary amides is 1. The van der Waals surface area contributed by atoms with Crippen molar-refractivity contribution in [2.45, 2.75) is 13.8 Å². The van der Waals surface area contributed by atoms with Crippen LogP contribution in [0.1, 0.15) is 13.8 Å². The lowest BCUT2D eigenvalue weighted by Crippen LogP contribution is -2.27. The zero-order chi connectivity index (χ0) is 8.15. The lowest BCUT2D eigenvalue weighted by molar-refractivity contribution is -0.112. The molecule has 0 aromatic carbocycles. The molecule has 0 saturated carbocycles. The van der Waals surface area contributed by atoms with Gasteiger partial charge in [0.05, 0.1) is 0 Å². The highest BCUT2D eigenvalue weighted by Gasteiger charge is 1.93. The van der Waals surface area contributed by atoms with E-state index < -0.39 is 6.03 Å². The highest BCUT2D eigenvalue weighted by Crippen LogP contribution is 1.85. The highest BCUT2D eigenvalue weighted by atomic mass is 16.2. The van der Waals surface area contributed by atoms with Gasteiger partial charge in [0, 0.05) is 5.70 Å². The van der Waals surface area contributed by atoms with Crippen molar-refractivity contribution in [3.63, 3.8) is 0 Å². The molecule has 0 radical (unpaired) electrons. The van der Waals surface area contributed by atoms with Crippen LogP contribution in [0.2, 0.25) is 0 Å². The molecule has 0 saturated heterocycles. The smallest absolute Gasteiger partial charge is 0.316 e. The second kappa shape index (κ2) is 3.66. The minimum absolute atomic E-state index is 0.119. The number of carbonyl (C=O) groups is 2. The summed E-state index contributed by atoms with van der Waals surface area (Å²) in [5.74, 6) is -0.119. The predicted octanol–water partition coefficient (Wildman–Crippen LogP) is 0.148. The Morgan fingerprint density at radius 3 is 2.20 bits per heavy atom. The maximum Gasteiger partial charge on any atom is 0.316 e. The van der Waals surface area contributed by atoms with Gasteiger partial charge >= 0.3 is 6.03 Å². The van der Waals surface area contributed by atoms with Gasteiger partial charge in [-0.15, -0.1) is 0 Å². The molecule has 3 N–H and O–H groups in total. The number of carbonyl (C=O) groups excluding carboxylic acids is 2. The van der Waals surface area contributed by atoms with Crippen molar-refractivity contribution >= 4 is 11.8 Å². The Balaban J connectivity index is 3.95. The summed E-state index contributed by atoms with van der Waals surface area (Å²) in [4.78, 5) is 20.5. The largest absolute Gasteiger partial charge is 0.351 e. The van der Waals surface area contributed by atoms with E-state index in [2.05, 4.69) is 5.32 Å². The first-order valence-electron chi connectivity index (χ1n) is 2.77. The summed E-state index contributed by atoms with van der Waals surface area (Å²) >= 11 is 0. The third-order valence-electron chi connectivity index (χ3n) is 0.740. The molecule has 0 spiro atoms. The summed E-state index contributed by atoms with van der Waals surface area (Å²) in [5.41, 5.74) is 5.23. The standard InChI is InChI=1S/C6H10N2O2/c1-4(3-5(2)9)8-6(7)10/h3H,1-2H3,(H3,7,8,10)/b4-3-. The summed E-state index contributed by atoms with van der Waals surface area (Å²) < 4.78 is 0. The molecular weight excluding hydrogens is 132 g/mol. The number of urea groups is 1. The Kier molecular flexibility index (Phi) is 3.17. The van der Waals surface area contributed by atoms with Crippen LogP contribution in [0.3, 0.4) is 0 Å². The number of allylic oxidation sites excluding steroid dienone is 2. The van der Waals surface area contributed by atoms with Crippen LogP contribution in [-0.4, -0.2) is 11.8 Å². The molecule has 56 valence electrons. The molecule has 2 amide bonds. The van der Waals surface area contributed by atoms with E-state index >= 15 is 0 Å². The SMILES string of the molecule is CC(=O)/C=C(/C)NC(N)=O. The zero-order valence-corrected chi connectivity index (χ0v) is 5.97. The van der Waals surface area contributed by atoms with Crippen LogP contribution in [0.5, 0.6) is 0 Å². The van der Waals surface area contributed by atoms with E-state index in [9.17, 15) is 9.59 Å². The number of ketones is 1. The van der Waals surface area contributed by atoms with Gasteiger partial charge < -0.3 is 11.1 Å². The van der Waals surface area contributed by atoms with Crippen molar-refractivity contribution in [3.8, 4) is 0 Å². The van der Waals surface area contributed by atoms with E-state index in [-0.39, 0.29) is 5.78 Å². The van der Waals surface area contributed by atoms with Gasteiger partial charge in [-0.25, -0.2) is 4.79 Å². The third kappa shape index (κ3) is 4.83. The second-order valence-electron chi connectivity index (χ2n) is 1.93. The normalized spacial score (nSPS) is 10.8. The van der Waals surface area contributed by atoms with Crippen LogP contribution >= 0.6 is 0 Å². The van der Waals surface area contributed by atoms with E-state index in [1.165, 1.54) is 13.0 Å². The number of hydrogen-bond acceptors (Lipinski definition) is 2. The number of nitrogens with one attached hydrogen (secondary N) is 1. The van der Waals surface area contributed by atoms with Crippen molar-refractivity contribution in [3.05, 3.63) is 11.8 Å². The molecule has 0 rings (SSSR count). The van der Waals surface area contributed by atoms with Crippen LogP contribution in [0.25, 0.3) is 0 Å². The molecule has 0 bridgehead atoms. The Morgan fingerprint density at radius 1 is 1.40 bits per heavy atom. The quantitative estimate of drug-likeness (QED) is 0.538. The van der Waals surface area contributed by atoms with Crippen molar-refractivity contribution < 1.29 is 9.59 Å². The monoisotopic (exact) mass is 142 g/mol. The van der Waals surface area contributed by atoms with Crippen LogP contribution in [0.4, 0.5) is 4.79 Å². The summed E-state index contributed by atoms with van der Waals surface area (Å²) in [6, 6.07) is -0.657. The zero-order valence-electron chi connectivity index (χ0n) is 5.97. The third-order valence-corrected chi connectivity index (χ3v) is 0.740. The van der Waals surface area contributed by atoms with Crippen molar-refractivity contribution in [2.75, 3.05) is 0 Å². The van der Waals surface area contributed by atoms with Gasteiger partial charge in [0.25, 0.3) is 0 Å². The van der Waals surface area contributed by atoms with Crippen molar-refractivity contribution in [1.82, 2.24) is 5.32 Å². The van der Waals surface area contributed by atoms with Crippen LogP contribution in [0.15, 0.2) is 11.8 Å². The fourth-order valence-corrected chi connectivity index (χ4v) is 0.535. The lowest BCUT2D eigenvalue weighted by atomic mass is 10.3. The number of rotatable bonds is 2. The van der Waals surface area contributed by atoms with E-state index in [1.54, 1.807) is 6.92 Å². The molecule has 0 aromatic heterocycles. The first-order valence-corrected chi connectivity index (χ1v) is 2.77. The van der Waals surface area contributed by atoms with Crippen LogP contribution in [-0.2, 0) is 4.79 Å². The first-order chi connectivity index (χ1) is 4.52. The predicted molar refractivity (Wildman–Crippen MR) is 37.2 cm³/mol. The molecule has 10 heavy (non-hydrogen) atoms. The minimum Gasteiger partial charge on any atom is -0.351 e. The Labute approximate surface area is 59.1 Å². The Bertz CT molecular complexity index is 184. The fraction of sp³-hybridized carbons (Fsp3) is 0.333. The number of hydrogen-bond donors (Lipinski definition) is 2. The van der Waals surface area contributed by atoms with Crippen LogP contribution < -0.4 is 11.1 Å². The Morgan fingerprint density at radius 2 is 1.90 bits per heavy atom. The molecular formula is C6H10N2O2. The lowest BCUT2D eigenvalue weighted by Gasteiger charge is -1.97. The van der Waals surface area contributed by atoms with Gasteiger partial charge in [0.2, 0.25) is 0 Å². The van der Waals surface area contributed by atoms with Crippen molar-refractivity contribution in [1.29, 1.82) is 0 Å². The van der Waals surface area contributed by atoms with Gasteiger partial charge in [-0.1, -0.05) is 0 Å². The maximum atomic E-state index is 10.4. The summed E-state index contributed by atoms with van der Waals surface area (Å²) in [6.07, 6.45) is 1.30. The molecule has 4 heteroatoms.